The summed E-state index contributed by atoms with van der Waals surface area (Å²) in [7, 11) is 0.379. The fourth-order valence-corrected chi connectivity index (χ4v) is 7.18. The Morgan fingerprint density at radius 1 is 0.982 bits per heavy atom. The van der Waals surface area contributed by atoms with Crippen molar-refractivity contribution in [2.75, 3.05) is 39.8 Å². The van der Waals surface area contributed by atoms with E-state index in [0.29, 0.717) is 68.6 Å². The number of nitrogens with one attached hydrogen (secondary N) is 2. The van der Waals surface area contributed by atoms with Crippen LogP contribution >= 0.6 is 0 Å². The summed E-state index contributed by atoms with van der Waals surface area (Å²) in [5.41, 5.74) is 2.93. The Hall–Kier alpha value is -4.79. The number of rotatable bonds is 14. The molecule has 5 rings (SSSR count). The van der Waals surface area contributed by atoms with E-state index < -0.39 is 31.6 Å². The summed E-state index contributed by atoms with van der Waals surface area (Å²) >= 11 is 0. The van der Waals surface area contributed by atoms with Crippen molar-refractivity contribution < 1.29 is 33.0 Å². The first-order valence-corrected chi connectivity index (χ1v) is 22.5. The topological polar surface area (TPSA) is 127 Å². The number of ether oxygens (including phenoxy) is 3. The average Bonchev–Trinajstić information content (AvgIpc) is 3.45. The Labute approximate surface area is 324 Å². The number of carbonyl (C=O) groups excluding carboxylic acids is 3. The highest BCUT2D eigenvalue weighted by Crippen LogP contribution is 2.34. The number of pyridine rings is 1. The van der Waals surface area contributed by atoms with Crippen LogP contribution in [0.5, 0.6) is 11.5 Å². The van der Waals surface area contributed by atoms with Crippen LogP contribution in [0.25, 0.3) is 11.0 Å². The Balaban J connectivity index is 1.26. The zero-order chi connectivity index (χ0) is 39.9. The first-order chi connectivity index (χ1) is 26.0. The zero-order valence-electron chi connectivity index (χ0n) is 33.3. The maximum atomic E-state index is 15.7. The van der Waals surface area contributed by atoms with Gasteiger partial charge in [0, 0.05) is 78.8 Å². The van der Waals surface area contributed by atoms with Gasteiger partial charge in [-0.25, -0.2) is 14.2 Å². The van der Waals surface area contributed by atoms with Gasteiger partial charge in [-0.3, -0.25) is 14.5 Å². The molecule has 12 nitrogen and oxygen atoms in total. The molecule has 3 heterocycles. The highest BCUT2D eigenvalue weighted by molar-refractivity contribution is 6.76. The van der Waals surface area contributed by atoms with Crippen molar-refractivity contribution in [1.29, 1.82) is 0 Å². The van der Waals surface area contributed by atoms with Crippen molar-refractivity contribution >= 4 is 37.0 Å². The van der Waals surface area contributed by atoms with Crippen LogP contribution in [-0.2, 0) is 34.0 Å². The van der Waals surface area contributed by atoms with Crippen molar-refractivity contribution in [3.63, 3.8) is 0 Å². The van der Waals surface area contributed by atoms with E-state index in [2.05, 4.69) is 40.2 Å². The summed E-state index contributed by atoms with van der Waals surface area (Å²) in [6, 6.07) is 13.8. The third kappa shape index (κ3) is 11.6. The molecule has 0 saturated carbocycles. The van der Waals surface area contributed by atoms with Crippen LogP contribution in [0.4, 0.5) is 9.18 Å². The van der Waals surface area contributed by atoms with Crippen LogP contribution in [0, 0.1) is 12.7 Å². The Morgan fingerprint density at radius 3 is 2.40 bits per heavy atom. The third-order valence-electron chi connectivity index (χ3n) is 9.29. The van der Waals surface area contributed by atoms with E-state index in [0.717, 1.165) is 22.6 Å². The highest BCUT2D eigenvalue weighted by atomic mass is 28.3. The molecule has 4 aromatic rings. The summed E-state index contributed by atoms with van der Waals surface area (Å²) in [5.74, 6) is -0.542. The molecule has 1 atom stereocenters. The summed E-state index contributed by atoms with van der Waals surface area (Å²) in [6.07, 6.45) is 2.90. The smallest absolute Gasteiger partial charge is 0.408 e. The van der Waals surface area contributed by atoms with E-state index in [9.17, 15) is 14.4 Å². The van der Waals surface area contributed by atoms with Gasteiger partial charge in [-0.1, -0.05) is 37.8 Å². The molecule has 1 aliphatic heterocycles. The fraction of sp³-hybridized carbons (Fsp3) is 0.463. The number of hydrogen-bond acceptors (Lipinski definition) is 8. The molecule has 2 aromatic carbocycles. The van der Waals surface area contributed by atoms with Crippen LogP contribution in [-0.4, -0.2) is 96.8 Å². The van der Waals surface area contributed by atoms with Crippen LogP contribution in [0.3, 0.4) is 0 Å². The minimum absolute atomic E-state index is 0.0229. The van der Waals surface area contributed by atoms with Crippen molar-refractivity contribution in [2.45, 2.75) is 84.7 Å². The summed E-state index contributed by atoms with van der Waals surface area (Å²) in [4.78, 5) is 47.5. The van der Waals surface area contributed by atoms with Crippen molar-refractivity contribution in [3.05, 3.63) is 89.0 Å². The lowest BCUT2D eigenvalue weighted by Crippen LogP contribution is -2.55. The molecule has 3 amide bonds. The van der Waals surface area contributed by atoms with Gasteiger partial charge in [0.2, 0.25) is 5.91 Å². The lowest BCUT2D eigenvalue weighted by molar-refractivity contribution is -0.135. The molecule has 2 aromatic heterocycles. The van der Waals surface area contributed by atoms with Gasteiger partial charge in [0.15, 0.2) is 11.6 Å². The Bertz CT molecular complexity index is 1980. The van der Waals surface area contributed by atoms with E-state index in [1.165, 1.54) is 12.1 Å². The molecule has 14 heteroatoms. The second kappa shape index (κ2) is 17.8. The molecule has 1 aliphatic rings. The monoisotopic (exact) mass is 774 g/mol. The predicted molar refractivity (Wildman–Crippen MR) is 214 cm³/mol. The number of benzene rings is 2. The Morgan fingerprint density at radius 2 is 1.73 bits per heavy atom. The van der Waals surface area contributed by atoms with E-state index in [1.54, 1.807) is 57.1 Å². The SMILES string of the molecule is CNC(=O)c1cccc(CN2CCN(C(=O)[C@H](Cc3ccc(Oc4ccnc5c4c(C)cn5COCC[Si](C)(C)C)c(F)c3)NC(=O)OC(C)(C)C)CC2)c1. The van der Waals surface area contributed by atoms with Gasteiger partial charge < -0.3 is 34.3 Å². The van der Waals surface area contributed by atoms with Gasteiger partial charge in [0.05, 0.1) is 5.39 Å². The molecular weight excluding hydrogens is 720 g/mol. The summed E-state index contributed by atoms with van der Waals surface area (Å²) in [6.45, 7) is 17.9. The van der Waals surface area contributed by atoms with Crippen LogP contribution in [0.1, 0.15) is 47.8 Å². The predicted octanol–water partition coefficient (Wildman–Crippen LogP) is 6.73. The van der Waals surface area contributed by atoms with Crippen LogP contribution in [0.15, 0.2) is 60.9 Å². The number of nitrogens with zero attached hydrogens (tertiary/aromatic N) is 4. The molecule has 296 valence electrons. The van der Waals surface area contributed by atoms with Crippen LogP contribution in [0.2, 0.25) is 25.7 Å². The minimum atomic E-state index is -1.22. The first-order valence-electron chi connectivity index (χ1n) is 18.8. The molecular formula is C41H55FN6O6Si. The van der Waals surface area contributed by atoms with Gasteiger partial charge in [0.25, 0.3) is 5.91 Å². The van der Waals surface area contributed by atoms with E-state index in [-0.39, 0.29) is 24.0 Å². The minimum Gasteiger partial charge on any atom is -0.453 e. The summed E-state index contributed by atoms with van der Waals surface area (Å²) in [5, 5.41) is 6.16. The molecule has 0 radical (unpaired) electrons. The van der Waals surface area contributed by atoms with E-state index in [1.807, 2.05) is 35.9 Å². The first kappa shape index (κ1) is 41.4. The number of carbonyl (C=O) groups is 3. The average molecular weight is 775 g/mol. The number of hydrogen-bond donors (Lipinski definition) is 2. The molecule has 0 spiro atoms. The van der Waals surface area contributed by atoms with E-state index >= 15 is 4.39 Å². The number of aryl methyl sites for hydroxylation is 1. The third-order valence-corrected chi connectivity index (χ3v) is 11.0. The second-order valence-corrected chi connectivity index (χ2v) is 21.9. The van der Waals surface area contributed by atoms with Gasteiger partial charge in [0.1, 0.15) is 29.8 Å². The zero-order valence-corrected chi connectivity index (χ0v) is 34.3. The number of piperazine rings is 1. The second-order valence-electron chi connectivity index (χ2n) is 16.3. The van der Waals surface area contributed by atoms with Gasteiger partial charge in [-0.15, -0.1) is 0 Å². The van der Waals surface area contributed by atoms with Gasteiger partial charge in [-0.2, -0.15) is 0 Å². The number of aromatic nitrogens is 2. The van der Waals surface area contributed by atoms with Crippen molar-refractivity contribution in [3.8, 4) is 11.5 Å². The lowest BCUT2D eigenvalue weighted by atomic mass is 10.0. The molecule has 2 N–H and O–H groups in total. The molecule has 1 fully saturated rings. The molecule has 55 heavy (non-hydrogen) atoms. The van der Waals surface area contributed by atoms with Crippen LogP contribution < -0.4 is 15.4 Å². The standard InChI is InChI=1S/C41H55FN6O6Si/c1-28-25-48(27-52-20-21-55(6,7)8)37-36(28)35(14-15-44-37)53-34-13-12-29(23-32(34)42)24-33(45-40(51)54-41(2,3)4)39(50)47-18-16-46(17-19-47)26-30-10-9-11-31(22-30)38(49)43-5/h9-15,22-23,25,33H,16-21,24,26-27H2,1-8H3,(H,43,49)(H,45,51)/t33-/m0/s1. The maximum absolute atomic E-state index is 15.7. The number of amides is 3. The van der Waals surface area contributed by atoms with Crippen molar-refractivity contribution in [2.24, 2.45) is 0 Å². The van der Waals surface area contributed by atoms with Crippen molar-refractivity contribution in [1.82, 2.24) is 30.0 Å². The lowest BCUT2D eigenvalue weighted by Gasteiger charge is -2.36. The molecule has 0 bridgehead atoms. The van der Waals surface area contributed by atoms with E-state index in [4.69, 9.17) is 14.2 Å². The summed E-state index contributed by atoms with van der Waals surface area (Å²) < 4.78 is 35.3. The quantitative estimate of drug-likeness (QED) is 0.107. The maximum Gasteiger partial charge on any atom is 0.408 e. The molecule has 0 aliphatic carbocycles. The highest BCUT2D eigenvalue weighted by Gasteiger charge is 2.31. The normalized spacial score (nSPS) is 14.5. The van der Waals surface area contributed by atoms with Gasteiger partial charge in [-0.05, 0) is 80.8 Å². The number of halogens is 1. The van der Waals surface area contributed by atoms with Gasteiger partial charge >= 0.3 is 6.09 Å². The molecule has 1 saturated heterocycles. The largest absolute Gasteiger partial charge is 0.453 e. The Kier molecular flexibility index (Phi) is 13.4. The molecule has 0 unspecified atom stereocenters. The number of fused-ring (bicyclic) bond motifs is 1. The fourth-order valence-electron chi connectivity index (χ4n) is 6.42. The number of alkyl carbamates (subject to hydrolysis) is 1.